The minimum Gasteiger partial charge on any atom is -0.480 e. The maximum Gasteiger partial charge on any atom is 0.320 e. The molecular weight excluding hydrogens is 949 g/mol. The van der Waals surface area contributed by atoms with Crippen molar-refractivity contribution in [1.82, 2.24) is 34.7 Å². The van der Waals surface area contributed by atoms with Gasteiger partial charge in [-0.05, 0) is 86.1 Å². The first-order valence-corrected chi connectivity index (χ1v) is 25.5. The van der Waals surface area contributed by atoms with E-state index in [0.29, 0.717) is 117 Å². The Morgan fingerprint density at radius 2 is 1.01 bits per heavy atom. The van der Waals surface area contributed by atoms with Gasteiger partial charge in [-0.15, -0.1) is 0 Å². The third-order valence-corrected chi connectivity index (χ3v) is 12.2. The van der Waals surface area contributed by atoms with Gasteiger partial charge in [0.2, 0.25) is 18.2 Å². The van der Waals surface area contributed by atoms with Crippen LogP contribution in [0.25, 0.3) is 0 Å². The number of nitrogens with one attached hydrogen (secondary N) is 1. The van der Waals surface area contributed by atoms with E-state index < -0.39 is 41.4 Å². The molecule has 1 aromatic rings. The van der Waals surface area contributed by atoms with Crippen molar-refractivity contribution < 1.29 is 68.6 Å². The molecular formula is C51H90N8O14. The number of benzene rings is 1. The lowest BCUT2D eigenvalue weighted by Crippen LogP contribution is -2.53. The Bertz CT molecular complexity index is 1690. The number of aryl methyl sites for hydroxylation is 2. The molecule has 0 spiro atoms. The van der Waals surface area contributed by atoms with Crippen LogP contribution in [0.1, 0.15) is 111 Å². The molecule has 1 atom stereocenters. The summed E-state index contributed by atoms with van der Waals surface area (Å²) in [6, 6.07) is 7.59. The Hall–Kier alpha value is -5.26. The van der Waals surface area contributed by atoms with Crippen LogP contribution in [0.2, 0.25) is 0 Å². The van der Waals surface area contributed by atoms with E-state index in [1.165, 1.54) is 11.1 Å². The van der Waals surface area contributed by atoms with Crippen LogP contribution >= 0.6 is 0 Å². The van der Waals surface area contributed by atoms with Crippen molar-refractivity contribution in [1.29, 1.82) is 0 Å². The molecule has 0 radical (unpaired) electrons. The number of ether oxygens (including phenoxy) is 1. The molecule has 1 fully saturated rings. The highest BCUT2D eigenvalue weighted by Crippen LogP contribution is 2.22. The molecule has 0 bridgehead atoms. The normalized spacial score (nSPS) is 14.9. The average Bonchev–Trinajstić information content (AvgIpc) is 3.29. The molecule has 1 aliphatic rings. The summed E-state index contributed by atoms with van der Waals surface area (Å²) in [5, 5.41) is 47.2. The van der Waals surface area contributed by atoms with E-state index in [2.05, 4.69) is 71.1 Å². The lowest BCUT2D eigenvalue weighted by atomic mass is 10.0. The average molecular weight is 1040 g/mol. The highest BCUT2D eigenvalue weighted by molar-refractivity contribution is 5.78. The molecule has 0 aromatic heterocycles. The van der Waals surface area contributed by atoms with Crippen LogP contribution in [-0.4, -0.2) is 232 Å². The second kappa shape index (κ2) is 37.5. The van der Waals surface area contributed by atoms with Gasteiger partial charge in [0, 0.05) is 84.8 Å². The van der Waals surface area contributed by atoms with E-state index in [1.807, 2.05) is 23.6 Å². The molecule has 2 rings (SSSR count). The van der Waals surface area contributed by atoms with Crippen LogP contribution in [0.4, 0.5) is 0 Å². The van der Waals surface area contributed by atoms with E-state index in [9.17, 15) is 38.4 Å². The number of likely N-dealkylation sites (N-methyl/N-ethyl adjacent to an activating group) is 2. The zero-order valence-electron chi connectivity index (χ0n) is 45.0. The third-order valence-electron chi connectivity index (χ3n) is 12.2. The van der Waals surface area contributed by atoms with Crippen molar-refractivity contribution in [3.63, 3.8) is 0 Å². The molecule has 1 unspecified atom stereocenters. The second-order valence-electron chi connectivity index (χ2n) is 19.5. The molecule has 22 nitrogen and oxygen atoms in total. The highest BCUT2D eigenvalue weighted by atomic mass is 16.5. The first-order valence-electron chi connectivity index (χ1n) is 25.5. The molecule has 1 aliphatic heterocycles. The molecule has 3 amide bonds. The van der Waals surface area contributed by atoms with Crippen LogP contribution in [0.15, 0.2) is 24.3 Å². The van der Waals surface area contributed by atoms with Crippen LogP contribution in [0.5, 0.6) is 0 Å². The molecule has 22 heteroatoms. The second-order valence-corrected chi connectivity index (χ2v) is 19.5. The van der Waals surface area contributed by atoms with E-state index in [1.54, 1.807) is 19.6 Å². The van der Waals surface area contributed by atoms with Gasteiger partial charge in [-0.2, -0.15) is 0 Å². The Kier molecular flexibility index (Phi) is 34.8. The number of carbonyl (C=O) groups excluding carboxylic acids is 3. The van der Waals surface area contributed by atoms with Gasteiger partial charge in [0.25, 0.3) is 0 Å². The Labute approximate surface area is 433 Å². The zero-order chi connectivity index (χ0) is 55.6. The van der Waals surface area contributed by atoms with Gasteiger partial charge in [-0.25, -0.2) is 0 Å². The lowest BCUT2D eigenvalue weighted by Gasteiger charge is -2.41. The number of amides is 3. The van der Waals surface area contributed by atoms with Crippen molar-refractivity contribution in [3.8, 4) is 0 Å². The maximum absolute atomic E-state index is 13.0. The van der Waals surface area contributed by atoms with E-state index in [-0.39, 0.29) is 43.5 Å². The van der Waals surface area contributed by atoms with Crippen molar-refractivity contribution in [3.05, 3.63) is 35.4 Å². The molecule has 8 N–H and O–H groups in total. The number of hydrogen-bond donors (Lipinski definition) is 7. The van der Waals surface area contributed by atoms with Gasteiger partial charge in [0.1, 0.15) is 6.04 Å². The molecule has 1 saturated heterocycles. The topological polar surface area (TPSA) is 304 Å². The molecule has 0 saturated carbocycles. The largest absolute Gasteiger partial charge is 0.480 e. The van der Waals surface area contributed by atoms with Crippen molar-refractivity contribution in [2.45, 2.75) is 130 Å². The fraction of sp³-hybridized carbons (Fsp3) is 0.725. The van der Waals surface area contributed by atoms with Gasteiger partial charge in [0.05, 0.1) is 50.5 Å². The van der Waals surface area contributed by atoms with Gasteiger partial charge in [0.15, 0.2) is 0 Å². The summed E-state index contributed by atoms with van der Waals surface area (Å²) >= 11 is 0. The number of unbranched alkanes of at least 4 members (excludes halogenated alkanes) is 3. The first-order chi connectivity index (χ1) is 34.3. The standard InChI is InChI=1S/C28H48N2O3.C16H28N4O8.C7H14N2O3/c1-9-12-13-14-25(31)29(10-2)27(5,6)21-33-22-28(7,8)30(11-3)26(32)20-19-24-17-15-23(4)16-18-24;21-13(22)9-17-1-2-18(10-14(23)24)5-6-20(12-16(27)28)8-7-19(4-3-17)11-15(25)26;8-6(7(11)12)3-1-2-4-9-5-10/h15-18H,9-14,19-22H2,1-8H3;1-12H2,(H,21,22)(H,23,24)(H,25,26)(H,27,28);5-6H,1-4,8H2,(H,9,10)(H,11,12). The minimum atomic E-state index is -1.02. The quantitative estimate of drug-likeness (QED) is 0.0430. The summed E-state index contributed by atoms with van der Waals surface area (Å²) in [7, 11) is 0. The van der Waals surface area contributed by atoms with Gasteiger partial charge < -0.3 is 51.1 Å². The predicted octanol–water partition coefficient (Wildman–Crippen LogP) is 2.64. The minimum absolute atomic E-state index is 0.146. The number of rotatable bonds is 30. The van der Waals surface area contributed by atoms with E-state index in [4.69, 9.17) is 36.0 Å². The highest BCUT2D eigenvalue weighted by Gasteiger charge is 2.33. The van der Waals surface area contributed by atoms with E-state index in [0.717, 1.165) is 32.1 Å². The summed E-state index contributed by atoms with van der Waals surface area (Å²) in [6.07, 6.45) is 7.51. The fourth-order valence-corrected chi connectivity index (χ4v) is 8.14. The molecule has 1 aromatic carbocycles. The fourth-order valence-electron chi connectivity index (χ4n) is 8.14. The Morgan fingerprint density at radius 1 is 0.630 bits per heavy atom. The summed E-state index contributed by atoms with van der Waals surface area (Å²) in [5.41, 5.74) is 6.85. The Morgan fingerprint density at radius 3 is 1.34 bits per heavy atom. The van der Waals surface area contributed by atoms with Gasteiger partial charge in [-0.1, -0.05) is 49.6 Å². The molecule has 73 heavy (non-hydrogen) atoms. The summed E-state index contributed by atoms with van der Waals surface area (Å²) in [6.45, 7) is 20.8. The number of carbonyl (C=O) groups is 8. The van der Waals surface area contributed by atoms with Gasteiger partial charge in [-0.3, -0.25) is 58.0 Å². The van der Waals surface area contributed by atoms with Crippen LogP contribution in [0, 0.1) is 6.92 Å². The monoisotopic (exact) mass is 1040 g/mol. The number of nitrogens with zero attached hydrogens (tertiary/aromatic N) is 6. The maximum atomic E-state index is 13.0. The SMILES string of the molecule is CCCCCC(=O)N(CC)C(C)(C)COCC(C)(C)N(CC)C(=O)CCc1ccc(C)cc1.NC(CCCCNC=O)C(=O)O.O=C(O)CN1CCN(CC(=O)O)CCN(CC(=O)O)CCN(CC(=O)O)CC1. The number of aliphatic carboxylic acids is 5. The zero-order valence-corrected chi connectivity index (χ0v) is 45.0. The third kappa shape index (κ3) is 31.8. The molecule has 418 valence electrons. The van der Waals surface area contributed by atoms with Crippen molar-refractivity contribution >= 4 is 48.1 Å². The number of carboxylic acids is 5. The molecule has 1 heterocycles. The predicted molar refractivity (Wildman–Crippen MR) is 277 cm³/mol. The van der Waals surface area contributed by atoms with Crippen molar-refractivity contribution in [2.75, 3.05) is 111 Å². The summed E-state index contributed by atoms with van der Waals surface area (Å²) in [4.78, 5) is 100. The van der Waals surface area contributed by atoms with Crippen LogP contribution in [0.3, 0.4) is 0 Å². The van der Waals surface area contributed by atoms with Crippen molar-refractivity contribution in [2.24, 2.45) is 5.73 Å². The smallest absolute Gasteiger partial charge is 0.320 e. The van der Waals surface area contributed by atoms with Crippen LogP contribution < -0.4 is 11.1 Å². The molecule has 0 aliphatic carbocycles. The number of carboxylic acid groups (broad SMARTS) is 5. The lowest BCUT2D eigenvalue weighted by molar-refractivity contribution is -0.143. The van der Waals surface area contributed by atoms with Gasteiger partial charge >= 0.3 is 29.8 Å². The summed E-state index contributed by atoms with van der Waals surface area (Å²) in [5.74, 6) is -4.71. The summed E-state index contributed by atoms with van der Waals surface area (Å²) < 4.78 is 6.14. The first kappa shape index (κ1) is 67.7. The van der Waals surface area contributed by atoms with E-state index >= 15 is 0 Å². The Balaban J connectivity index is 0.00000117. The number of hydrogen-bond acceptors (Lipinski definition) is 14. The number of nitrogens with two attached hydrogens (primary N) is 1. The van der Waals surface area contributed by atoms with Crippen LogP contribution in [-0.2, 0) is 49.5 Å².